The average Bonchev–Trinajstić information content (AvgIpc) is 3.49. The fraction of sp³-hybridized carbons (Fsp3) is 0.394. The Hall–Kier alpha value is -3.85. The Morgan fingerprint density at radius 1 is 0.952 bits per heavy atom. The molecule has 1 atom stereocenters. The first kappa shape index (κ1) is 31.1. The molecule has 224 valence electrons. The van der Waals surface area contributed by atoms with E-state index in [1.54, 1.807) is 62.6 Å². The first-order chi connectivity index (χ1) is 20.0. The number of methoxy groups -OCH3 is 1. The Bertz CT molecular complexity index is 1500. The Morgan fingerprint density at radius 3 is 2.21 bits per heavy atom. The van der Waals surface area contributed by atoms with Gasteiger partial charge in [-0.05, 0) is 87.6 Å². The molecule has 3 aromatic carbocycles. The maximum absolute atomic E-state index is 14.2. The van der Waals surface area contributed by atoms with Crippen LogP contribution in [-0.2, 0) is 26.2 Å². The number of anilines is 1. The van der Waals surface area contributed by atoms with Crippen LogP contribution >= 0.6 is 0 Å². The van der Waals surface area contributed by atoms with Crippen LogP contribution in [0, 0.1) is 20.8 Å². The van der Waals surface area contributed by atoms with E-state index in [4.69, 9.17) is 4.74 Å². The molecule has 0 unspecified atom stereocenters. The average molecular weight is 592 g/mol. The van der Waals surface area contributed by atoms with Gasteiger partial charge in [-0.25, -0.2) is 8.42 Å². The van der Waals surface area contributed by atoms with Crippen molar-refractivity contribution in [1.82, 2.24) is 10.2 Å². The summed E-state index contributed by atoms with van der Waals surface area (Å²) >= 11 is 0. The smallest absolute Gasteiger partial charge is 0.264 e. The molecule has 1 N–H and O–H groups in total. The predicted octanol–water partition coefficient (Wildman–Crippen LogP) is 5.29. The number of ether oxygens (including phenoxy) is 1. The molecule has 3 aromatic rings. The van der Waals surface area contributed by atoms with Gasteiger partial charge in [0.15, 0.2) is 0 Å². The summed E-state index contributed by atoms with van der Waals surface area (Å²) in [6, 6.07) is 18.5. The van der Waals surface area contributed by atoms with Crippen LogP contribution in [0.15, 0.2) is 71.6 Å². The van der Waals surface area contributed by atoms with E-state index in [2.05, 4.69) is 5.32 Å². The van der Waals surface area contributed by atoms with Crippen molar-refractivity contribution < 1.29 is 22.7 Å². The Balaban J connectivity index is 1.71. The number of rotatable bonds is 11. The molecule has 1 aliphatic carbocycles. The van der Waals surface area contributed by atoms with Gasteiger partial charge in [0.1, 0.15) is 18.3 Å². The molecule has 1 fully saturated rings. The van der Waals surface area contributed by atoms with Crippen LogP contribution < -0.4 is 14.4 Å². The molecule has 0 heterocycles. The zero-order chi connectivity index (χ0) is 30.4. The number of carbonyl (C=O) groups excluding carboxylic acids is 2. The molecular weight excluding hydrogens is 550 g/mol. The highest BCUT2D eigenvalue weighted by molar-refractivity contribution is 7.92. The zero-order valence-electron chi connectivity index (χ0n) is 25.1. The Labute approximate surface area is 249 Å². The van der Waals surface area contributed by atoms with E-state index in [1.807, 2.05) is 39.0 Å². The number of benzene rings is 3. The van der Waals surface area contributed by atoms with Gasteiger partial charge < -0.3 is 15.0 Å². The van der Waals surface area contributed by atoms with Crippen molar-refractivity contribution in [3.8, 4) is 5.75 Å². The Morgan fingerprint density at radius 2 is 1.60 bits per heavy atom. The number of aryl methyl sites for hydroxylation is 2. The number of hydrogen-bond acceptors (Lipinski definition) is 5. The molecule has 8 nitrogen and oxygen atoms in total. The second-order valence-corrected chi connectivity index (χ2v) is 12.9. The minimum Gasteiger partial charge on any atom is -0.497 e. The molecule has 42 heavy (non-hydrogen) atoms. The van der Waals surface area contributed by atoms with Gasteiger partial charge in [-0.15, -0.1) is 0 Å². The van der Waals surface area contributed by atoms with Gasteiger partial charge in [0.2, 0.25) is 11.8 Å². The summed E-state index contributed by atoms with van der Waals surface area (Å²) in [5, 5.41) is 3.10. The van der Waals surface area contributed by atoms with Gasteiger partial charge in [0.05, 0.1) is 17.7 Å². The number of nitrogens with one attached hydrogen (secondary N) is 1. The molecule has 0 spiro atoms. The molecule has 0 saturated heterocycles. The standard InChI is InChI=1S/C33H41N3O5S/c1-23-13-19-30(20-14-23)42(39,40)36(31-12-8-9-24(2)25(31)3)22-32(37)35(21-27-15-17-29(41-5)18-16-27)26(4)33(38)34-28-10-6-7-11-28/h8-9,12-20,26,28H,6-7,10-11,21-22H2,1-5H3,(H,34,38)/t26-/m0/s1. The lowest BCUT2D eigenvalue weighted by atomic mass is 10.1. The maximum Gasteiger partial charge on any atom is 0.264 e. The van der Waals surface area contributed by atoms with E-state index >= 15 is 0 Å². The molecule has 4 rings (SSSR count). The fourth-order valence-corrected chi connectivity index (χ4v) is 6.73. The van der Waals surface area contributed by atoms with Crippen molar-refractivity contribution >= 4 is 27.5 Å². The normalized spacial score (nSPS) is 14.3. The minimum absolute atomic E-state index is 0.0891. The third kappa shape index (κ3) is 7.13. The van der Waals surface area contributed by atoms with Crippen molar-refractivity contribution in [2.45, 2.75) is 76.9 Å². The number of amides is 2. The van der Waals surface area contributed by atoms with Crippen LogP contribution in [0.2, 0.25) is 0 Å². The molecule has 1 aliphatic rings. The lowest BCUT2D eigenvalue weighted by Gasteiger charge is -2.33. The molecule has 0 aliphatic heterocycles. The first-order valence-corrected chi connectivity index (χ1v) is 15.8. The molecular formula is C33H41N3O5S. The van der Waals surface area contributed by atoms with Crippen LogP contribution in [-0.4, -0.2) is 50.9 Å². The number of carbonyl (C=O) groups is 2. The summed E-state index contributed by atoms with van der Waals surface area (Å²) in [7, 11) is -2.54. The largest absolute Gasteiger partial charge is 0.497 e. The van der Waals surface area contributed by atoms with Crippen LogP contribution in [0.4, 0.5) is 5.69 Å². The van der Waals surface area contributed by atoms with Crippen LogP contribution in [0.25, 0.3) is 0 Å². The third-order valence-electron chi connectivity index (χ3n) is 8.11. The molecule has 0 bridgehead atoms. The molecule has 9 heteroatoms. The third-order valence-corrected chi connectivity index (χ3v) is 9.89. The van der Waals surface area contributed by atoms with Gasteiger partial charge in [-0.2, -0.15) is 0 Å². The van der Waals surface area contributed by atoms with E-state index < -0.39 is 28.5 Å². The highest BCUT2D eigenvalue weighted by atomic mass is 32.2. The summed E-state index contributed by atoms with van der Waals surface area (Å²) in [6.07, 6.45) is 3.96. The summed E-state index contributed by atoms with van der Waals surface area (Å²) in [5.41, 5.74) is 3.81. The highest BCUT2D eigenvalue weighted by Gasteiger charge is 2.34. The molecule has 1 saturated carbocycles. The van der Waals surface area contributed by atoms with E-state index in [9.17, 15) is 18.0 Å². The maximum atomic E-state index is 14.2. The molecule has 0 radical (unpaired) electrons. The SMILES string of the molecule is COc1ccc(CN(C(=O)CN(c2cccc(C)c2C)S(=O)(=O)c2ccc(C)cc2)[C@@H](C)C(=O)NC2CCCC2)cc1. The van der Waals surface area contributed by atoms with E-state index in [-0.39, 0.29) is 23.4 Å². The fourth-order valence-electron chi connectivity index (χ4n) is 5.26. The zero-order valence-corrected chi connectivity index (χ0v) is 25.9. The number of nitrogens with zero attached hydrogens (tertiary/aromatic N) is 2. The first-order valence-electron chi connectivity index (χ1n) is 14.4. The van der Waals surface area contributed by atoms with Crippen molar-refractivity contribution in [2.75, 3.05) is 18.0 Å². The van der Waals surface area contributed by atoms with Gasteiger partial charge in [-0.3, -0.25) is 13.9 Å². The van der Waals surface area contributed by atoms with Crippen LogP contribution in [0.3, 0.4) is 0 Å². The number of sulfonamides is 1. The predicted molar refractivity (Wildman–Crippen MR) is 165 cm³/mol. The van der Waals surface area contributed by atoms with Crippen molar-refractivity contribution in [3.63, 3.8) is 0 Å². The van der Waals surface area contributed by atoms with Crippen LogP contribution in [0.1, 0.15) is 54.9 Å². The second kappa shape index (κ2) is 13.4. The molecule has 2 amide bonds. The van der Waals surface area contributed by atoms with Gasteiger partial charge in [-0.1, -0.05) is 54.8 Å². The summed E-state index contributed by atoms with van der Waals surface area (Å²) in [5.74, 6) is -0.0473. The molecule has 0 aromatic heterocycles. The lowest BCUT2D eigenvalue weighted by Crippen LogP contribution is -2.52. The lowest BCUT2D eigenvalue weighted by molar-refractivity contribution is -0.139. The van der Waals surface area contributed by atoms with Crippen molar-refractivity contribution in [3.05, 3.63) is 89.0 Å². The van der Waals surface area contributed by atoms with Gasteiger partial charge >= 0.3 is 0 Å². The van der Waals surface area contributed by atoms with E-state index in [0.717, 1.165) is 47.9 Å². The van der Waals surface area contributed by atoms with Crippen molar-refractivity contribution in [2.24, 2.45) is 0 Å². The van der Waals surface area contributed by atoms with Gasteiger partial charge in [0.25, 0.3) is 10.0 Å². The highest BCUT2D eigenvalue weighted by Crippen LogP contribution is 2.29. The van der Waals surface area contributed by atoms with Crippen molar-refractivity contribution in [1.29, 1.82) is 0 Å². The van der Waals surface area contributed by atoms with E-state index in [1.165, 1.54) is 9.21 Å². The quantitative estimate of drug-likeness (QED) is 0.327. The minimum atomic E-state index is -4.12. The van der Waals surface area contributed by atoms with Crippen LogP contribution in [0.5, 0.6) is 5.75 Å². The Kier molecular flexibility index (Phi) is 9.93. The topological polar surface area (TPSA) is 96.0 Å². The van der Waals surface area contributed by atoms with Gasteiger partial charge in [0, 0.05) is 12.6 Å². The summed E-state index contributed by atoms with van der Waals surface area (Å²) in [4.78, 5) is 29.1. The monoisotopic (exact) mass is 591 g/mol. The summed E-state index contributed by atoms with van der Waals surface area (Å²) < 4.78 is 34.6. The second-order valence-electron chi connectivity index (χ2n) is 11.1. The summed E-state index contributed by atoms with van der Waals surface area (Å²) in [6.45, 7) is 7.01. The number of hydrogen-bond donors (Lipinski definition) is 1. The van der Waals surface area contributed by atoms with E-state index in [0.29, 0.717) is 11.4 Å².